The molecule has 1 heterocycles. The zero-order valence-corrected chi connectivity index (χ0v) is 15.4. The highest BCUT2D eigenvalue weighted by atomic mass is 32.1. The molecule has 0 unspecified atom stereocenters. The van der Waals surface area contributed by atoms with Crippen LogP contribution in [0.2, 0.25) is 0 Å². The van der Waals surface area contributed by atoms with Crippen LogP contribution in [0.25, 0.3) is 10.4 Å². The van der Waals surface area contributed by atoms with Crippen LogP contribution in [0.15, 0.2) is 66.0 Å². The summed E-state index contributed by atoms with van der Waals surface area (Å²) >= 11 is 1.64. The van der Waals surface area contributed by atoms with Crippen LogP contribution in [0.5, 0.6) is 11.5 Å². The van der Waals surface area contributed by atoms with Crippen LogP contribution >= 0.6 is 11.3 Å². The van der Waals surface area contributed by atoms with Crippen LogP contribution in [-0.2, 0) is 4.79 Å². The second-order valence-corrected chi connectivity index (χ2v) is 6.63. The van der Waals surface area contributed by atoms with Crippen molar-refractivity contribution in [1.29, 1.82) is 0 Å². The molecule has 0 saturated heterocycles. The minimum absolute atomic E-state index is 0.0477. The second-order valence-electron chi connectivity index (χ2n) is 5.68. The molecular weight excluding hydrogens is 346 g/mol. The molecule has 1 N–H and O–H groups in total. The maximum Gasteiger partial charge on any atom is 0.262 e. The highest BCUT2D eigenvalue weighted by molar-refractivity contribution is 7.13. The standard InChI is InChI=1S/C21H21NO3S/c1-2-13-24-16-9-11-17(12-10-16)25-15-21(23)22-19-7-4-3-6-18(19)20-8-5-14-26-20/h3-12,14H,2,13,15H2,1H3,(H,22,23). The van der Waals surface area contributed by atoms with Gasteiger partial charge in [-0.25, -0.2) is 0 Å². The summed E-state index contributed by atoms with van der Waals surface area (Å²) in [6.45, 7) is 2.70. The summed E-state index contributed by atoms with van der Waals surface area (Å²) in [7, 11) is 0. The lowest BCUT2D eigenvalue weighted by Gasteiger charge is -2.11. The van der Waals surface area contributed by atoms with Crippen molar-refractivity contribution in [3.05, 3.63) is 66.0 Å². The van der Waals surface area contributed by atoms with E-state index in [4.69, 9.17) is 9.47 Å². The lowest BCUT2D eigenvalue weighted by molar-refractivity contribution is -0.118. The first kappa shape index (κ1) is 18.0. The number of carbonyl (C=O) groups is 1. The van der Waals surface area contributed by atoms with Crippen molar-refractivity contribution >= 4 is 22.9 Å². The molecule has 5 heteroatoms. The molecule has 1 amide bonds. The Bertz CT molecular complexity index is 829. The van der Waals surface area contributed by atoms with E-state index in [1.54, 1.807) is 23.5 Å². The monoisotopic (exact) mass is 367 g/mol. The fourth-order valence-corrected chi connectivity index (χ4v) is 3.19. The highest BCUT2D eigenvalue weighted by Crippen LogP contribution is 2.31. The Morgan fingerprint density at radius 3 is 2.38 bits per heavy atom. The van der Waals surface area contributed by atoms with Crippen LogP contribution in [0.1, 0.15) is 13.3 Å². The lowest BCUT2D eigenvalue weighted by Crippen LogP contribution is -2.20. The number of ether oxygens (including phenoxy) is 2. The van der Waals surface area contributed by atoms with Gasteiger partial charge in [0, 0.05) is 16.1 Å². The number of hydrogen-bond donors (Lipinski definition) is 1. The Morgan fingerprint density at radius 2 is 1.69 bits per heavy atom. The average Bonchev–Trinajstić information content (AvgIpc) is 3.20. The van der Waals surface area contributed by atoms with E-state index in [0.717, 1.165) is 28.3 Å². The molecule has 0 fully saturated rings. The van der Waals surface area contributed by atoms with Crippen LogP contribution in [-0.4, -0.2) is 19.1 Å². The summed E-state index contributed by atoms with van der Waals surface area (Å²) in [5.41, 5.74) is 1.79. The minimum Gasteiger partial charge on any atom is -0.494 e. The smallest absolute Gasteiger partial charge is 0.262 e. The van der Waals surface area contributed by atoms with E-state index in [9.17, 15) is 4.79 Å². The first-order chi connectivity index (χ1) is 12.8. The SMILES string of the molecule is CCCOc1ccc(OCC(=O)Nc2ccccc2-c2cccs2)cc1. The van der Waals surface area contributed by atoms with Gasteiger partial charge in [0.2, 0.25) is 0 Å². The highest BCUT2D eigenvalue weighted by Gasteiger charge is 2.09. The average molecular weight is 367 g/mol. The van der Waals surface area contributed by atoms with Gasteiger partial charge in [0.25, 0.3) is 5.91 Å². The number of amides is 1. The molecule has 0 bridgehead atoms. The van der Waals surface area contributed by atoms with Gasteiger partial charge in [-0.1, -0.05) is 31.2 Å². The maximum absolute atomic E-state index is 12.3. The predicted octanol–water partition coefficient (Wildman–Crippen LogP) is 5.22. The Balaban J connectivity index is 1.57. The van der Waals surface area contributed by atoms with E-state index in [0.29, 0.717) is 12.4 Å². The quantitative estimate of drug-likeness (QED) is 0.594. The largest absolute Gasteiger partial charge is 0.494 e. The van der Waals surface area contributed by atoms with Gasteiger partial charge in [0.1, 0.15) is 11.5 Å². The van der Waals surface area contributed by atoms with Crippen molar-refractivity contribution in [3.63, 3.8) is 0 Å². The number of rotatable bonds is 8. The molecule has 0 aliphatic rings. The topological polar surface area (TPSA) is 47.6 Å². The van der Waals surface area contributed by atoms with Gasteiger partial charge < -0.3 is 14.8 Å². The molecule has 4 nitrogen and oxygen atoms in total. The van der Waals surface area contributed by atoms with Gasteiger partial charge in [-0.15, -0.1) is 11.3 Å². The van der Waals surface area contributed by atoms with Crippen LogP contribution in [0.3, 0.4) is 0 Å². The van der Waals surface area contributed by atoms with Crippen molar-refractivity contribution in [2.45, 2.75) is 13.3 Å². The van der Waals surface area contributed by atoms with Crippen molar-refractivity contribution < 1.29 is 14.3 Å². The molecule has 26 heavy (non-hydrogen) atoms. The number of benzene rings is 2. The molecule has 3 aromatic rings. The molecule has 0 radical (unpaired) electrons. The van der Waals surface area contributed by atoms with E-state index >= 15 is 0 Å². The first-order valence-corrected chi connectivity index (χ1v) is 9.42. The van der Waals surface area contributed by atoms with Crippen LogP contribution in [0, 0.1) is 0 Å². The van der Waals surface area contributed by atoms with Crippen molar-refractivity contribution in [2.24, 2.45) is 0 Å². The third-order valence-electron chi connectivity index (χ3n) is 3.65. The fourth-order valence-electron chi connectivity index (χ4n) is 2.43. The van der Waals surface area contributed by atoms with Gasteiger partial charge in [-0.05, 0) is 48.2 Å². The van der Waals surface area contributed by atoms with E-state index in [-0.39, 0.29) is 12.5 Å². The molecule has 1 aromatic heterocycles. The molecule has 3 rings (SSSR count). The van der Waals surface area contributed by atoms with Crippen LogP contribution < -0.4 is 14.8 Å². The Labute approximate surface area is 157 Å². The molecule has 0 saturated carbocycles. The van der Waals surface area contributed by atoms with Crippen molar-refractivity contribution in [2.75, 3.05) is 18.5 Å². The number of nitrogens with one attached hydrogen (secondary N) is 1. The first-order valence-electron chi connectivity index (χ1n) is 8.54. The van der Waals surface area contributed by atoms with Gasteiger partial charge in [0.15, 0.2) is 6.61 Å². The zero-order valence-electron chi connectivity index (χ0n) is 14.6. The van der Waals surface area contributed by atoms with E-state index in [1.165, 1.54) is 0 Å². The molecule has 0 aliphatic heterocycles. The lowest BCUT2D eigenvalue weighted by atomic mass is 10.1. The Morgan fingerprint density at radius 1 is 0.962 bits per heavy atom. The number of hydrogen-bond acceptors (Lipinski definition) is 4. The van der Waals surface area contributed by atoms with Crippen LogP contribution in [0.4, 0.5) is 5.69 Å². The summed E-state index contributed by atoms with van der Waals surface area (Å²) in [4.78, 5) is 13.4. The molecule has 0 aliphatic carbocycles. The summed E-state index contributed by atoms with van der Waals surface area (Å²) < 4.78 is 11.1. The molecule has 0 atom stereocenters. The molecule has 2 aromatic carbocycles. The normalized spacial score (nSPS) is 10.3. The molecule has 0 spiro atoms. The second kappa shape index (κ2) is 9.06. The Hall–Kier alpha value is -2.79. The zero-order chi connectivity index (χ0) is 18.2. The Kier molecular flexibility index (Phi) is 6.28. The minimum atomic E-state index is -0.194. The number of para-hydroxylation sites is 1. The van der Waals surface area contributed by atoms with Gasteiger partial charge in [-0.3, -0.25) is 4.79 Å². The summed E-state index contributed by atoms with van der Waals surface area (Å²) in [5, 5.41) is 4.95. The molecular formula is C21H21NO3S. The van der Waals surface area contributed by atoms with E-state index < -0.39 is 0 Å². The maximum atomic E-state index is 12.3. The van der Waals surface area contributed by atoms with E-state index in [1.807, 2.05) is 53.9 Å². The van der Waals surface area contributed by atoms with Crippen molar-refractivity contribution in [1.82, 2.24) is 0 Å². The van der Waals surface area contributed by atoms with Gasteiger partial charge >= 0.3 is 0 Å². The van der Waals surface area contributed by atoms with Crippen molar-refractivity contribution in [3.8, 4) is 21.9 Å². The van der Waals surface area contributed by atoms with Gasteiger partial charge in [-0.2, -0.15) is 0 Å². The fraction of sp³-hybridized carbons (Fsp3) is 0.190. The number of anilines is 1. The summed E-state index contributed by atoms with van der Waals surface area (Å²) in [5.74, 6) is 1.24. The third kappa shape index (κ3) is 4.86. The summed E-state index contributed by atoms with van der Waals surface area (Å²) in [6.07, 6.45) is 0.964. The van der Waals surface area contributed by atoms with Gasteiger partial charge in [0.05, 0.1) is 6.61 Å². The van der Waals surface area contributed by atoms with E-state index in [2.05, 4.69) is 12.2 Å². The molecule has 134 valence electrons. The number of carbonyl (C=O) groups excluding carboxylic acids is 1. The predicted molar refractivity (Wildman–Crippen MR) is 106 cm³/mol. The number of thiophene rings is 1. The third-order valence-corrected chi connectivity index (χ3v) is 4.56. The summed E-state index contributed by atoms with van der Waals surface area (Å²) in [6, 6.07) is 19.1.